The summed E-state index contributed by atoms with van der Waals surface area (Å²) in [4.78, 5) is 17.3. The lowest BCUT2D eigenvalue weighted by atomic mass is 10.1. The Morgan fingerprint density at radius 3 is 2.61 bits per heavy atom. The third-order valence-corrected chi connectivity index (χ3v) is 5.45. The van der Waals surface area contributed by atoms with Crippen molar-refractivity contribution >= 4 is 23.2 Å². The lowest BCUT2D eigenvalue weighted by molar-refractivity contribution is -0.143. The van der Waals surface area contributed by atoms with Crippen molar-refractivity contribution < 1.29 is 18.0 Å². The minimum Gasteiger partial charge on any atom is -0.322 e. The zero-order valence-corrected chi connectivity index (χ0v) is 17.7. The summed E-state index contributed by atoms with van der Waals surface area (Å²) in [5, 5.41) is 13.8. The Labute approximate surface area is 190 Å². The number of hydrogen-bond acceptors (Lipinski definition) is 4. The van der Waals surface area contributed by atoms with E-state index in [1.807, 2.05) is 0 Å². The zero-order valence-electron chi connectivity index (χ0n) is 16.9. The number of rotatable bonds is 5. The molecule has 1 saturated carbocycles. The van der Waals surface area contributed by atoms with Gasteiger partial charge in [-0.15, -0.1) is 0 Å². The van der Waals surface area contributed by atoms with Gasteiger partial charge >= 0.3 is 6.18 Å². The molecule has 0 aliphatic heterocycles. The monoisotopic (exact) mass is 472 g/mol. The molecular formula is C22H16ClF3N6O. The van der Waals surface area contributed by atoms with Gasteiger partial charge in [0, 0.05) is 22.2 Å². The first-order valence-corrected chi connectivity index (χ1v) is 10.4. The van der Waals surface area contributed by atoms with Gasteiger partial charge in [0.1, 0.15) is 5.82 Å². The molecule has 0 atom stereocenters. The Hall–Kier alpha value is -3.66. The van der Waals surface area contributed by atoms with Gasteiger partial charge in [-0.1, -0.05) is 23.7 Å². The van der Waals surface area contributed by atoms with Crippen molar-refractivity contribution in [1.82, 2.24) is 25.0 Å². The van der Waals surface area contributed by atoms with Gasteiger partial charge in [-0.25, -0.2) is 9.67 Å². The number of carbonyl (C=O) groups is 1. The van der Waals surface area contributed by atoms with Crippen molar-refractivity contribution in [3.05, 3.63) is 76.8 Å². The van der Waals surface area contributed by atoms with Gasteiger partial charge in [0.25, 0.3) is 5.91 Å². The summed E-state index contributed by atoms with van der Waals surface area (Å²) in [5.41, 5.74) is -0.714. The molecule has 1 aliphatic rings. The molecule has 0 radical (unpaired) electrons. The fraction of sp³-hybridized carbons (Fsp3) is 0.182. The van der Waals surface area contributed by atoms with Crippen LogP contribution in [-0.4, -0.2) is 30.9 Å². The van der Waals surface area contributed by atoms with E-state index in [1.54, 1.807) is 24.3 Å². The van der Waals surface area contributed by atoms with E-state index < -0.39 is 23.3 Å². The molecular weight excluding hydrogens is 457 g/mol. The van der Waals surface area contributed by atoms with Crippen LogP contribution in [0.5, 0.6) is 0 Å². The largest absolute Gasteiger partial charge is 0.434 e. The number of aromatic nitrogens is 5. The average molecular weight is 473 g/mol. The van der Waals surface area contributed by atoms with E-state index in [0.717, 1.165) is 24.9 Å². The Kier molecular flexibility index (Phi) is 5.16. The van der Waals surface area contributed by atoms with Crippen LogP contribution in [0.2, 0.25) is 5.02 Å². The van der Waals surface area contributed by atoms with Gasteiger partial charge in [0.05, 0.1) is 17.4 Å². The number of amides is 1. The lowest BCUT2D eigenvalue weighted by Crippen LogP contribution is -2.20. The van der Waals surface area contributed by atoms with Crippen molar-refractivity contribution in [3.8, 4) is 17.1 Å². The minimum absolute atomic E-state index is 0.129. The highest BCUT2D eigenvalue weighted by molar-refractivity contribution is 6.30. The number of aromatic amines is 1. The fourth-order valence-electron chi connectivity index (χ4n) is 3.44. The highest BCUT2D eigenvalue weighted by Crippen LogP contribution is 2.38. The van der Waals surface area contributed by atoms with Crippen molar-refractivity contribution in [3.63, 3.8) is 0 Å². The van der Waals surface area contributed by atoms with E-state index in [2.05, 4.69) is 25.6 Å². The number of benzene rings is 2. The molecule has 1 fully saturated rings. The first-order chi connectivity index (χ1) is 15.8. The van der Waals surface area contributed by atoms with Crippen molar-refractivity contribution in [2.24, 2.45) is 0 Å². The van der Waals surface area contributed by atoms with Gasteiger partial charge in [0.15, 0.2) is 11.5 Å². The molecule has 4 aromatic rings. The number of hydrogen-bond donors (Lipinski definition) is 2. The maximum absolute atomic E-state index is 13.9. The van der Waals surface area contributed by atoms with Crippen molar-refractivity contribution in [2.45, 2.75) is 24.9 Å². The smallest absolute Gasteiger partial charge is 0.322 e. The number of H-pyrrole nitrogens is 1. The van der Waals surface area contributed by atoms with Gasteiger partial charge < -0.3 is 5.32 Å². The quantitative estimate of drug-likeness (QED) is 0.403. The molecule has 0 unspecified atom stereocenters. The van der Waals surface area contributed by atoms with Crippen LogP contribution >= 0.6 is 11.6 Å². The summed E-state index contributed by atoms with van der Waals surface area (Å²) >= 11 is 5.82. The van der Waals surface area contributed by atoms with Crippen LogP contribution in [0.1, 0.15) is 40.6 Å². The SMILES string of the molecule is O=C(Nc1cccc(-c2n[nH]c(C3CC3)n2)c1)c1cnn(-c2ccc(Cl)cc2)c1C(F)(F)F. The van der Waals surface area contributed by atoms with E-state index in [9.17, 15) is 18.0 Å². The predicted molar refractivity (Wildman–Crippen MR) is 115 cm³/mol. The highest BCUT2D eigenvalue weighted by atomic mass is 35.5. The first-order valence-electron chi connectivity index (χ1n) is 10.0. The lowest BCUT2D eigenvalue weighted by Gasteiger charge is -2.13. The van der Waals surface area contributed by atoms with E-state index in [4.69, 9.17) is 11.6 Å². The predicted octanol–water partition coefficient (Wildman–Crippen LogP) is 5.46. The molecule has 0 bridgehead atoms. The summed E-state index contributed by atoms with van der Waals surface area (Å²) < 4.78 is 42.3. The first kappa shape index (κ1) is 21.2. The molecule has 2 aromatic carbocycles. The average Bonchev–Trinajstić information content (AvgIpc) is 3.32. The van der Waals surface area contributed by atoms with Crippen LogP contribution in [0, 0.1) is 0 Å². The normalized spacial score (nSPS) is 13.8. The molecule has 11 heteroatoms. The molecule has 2 heterocycles. The maximum Gasteiger partial charge on any atom is 0.434 e. The van der Waals surface area contributed by atoms with E-state index >= 15 is 0 Å². The van der Waals surface area contributed by atoms with E-state index in [0.29, 0.717) is 32.7 Å². The molecule has 33 heavy (non-hydrogen) atoms. The molecule has 1 amide bonds. The third-order valence-electron chi connectivity index (χ3n) is 5.20. The van der Waals surface area contributed by atoms with E-state index in [1.165, 1.54) is 24.3 Å². The second-order valence-electron chi connectivity index (χ2n) is 7.65. The molecule has 7 nitrogen and oxygen atoms in total. The fourth-order valence-corrected chi connectivity index (χ4v) is 3.57. The molecule has 2 N–H and O–H groups in total. The summed E-state index contributed by atoms with van der Waals surface area (Å²) in [6, 6.07) is 12.3. The number of anilines is 1. The molecule has 2 aromatic heterocycles. The zero-order chi connectivity index (χ0) is 23.2. The van der Waals surface area contributed by atoms with Crippen LogP contribution in [0.4, 0.5) is 18.9 Å². The Morgan fingerprint density at radius 1 is 1.15 bits per heavy atom. The summed E-state index contributed by atoms with van der Waals surface area (Å²) in [7, 11) is 0. The topological polar surface area (TPSA) is 88.5 Å². The van der Waals surface area contributed by atoms with Crippen molar-refractivity contribution in [1.29, 1.82) is 0 Å². The second kappa shape index (κ2) is 8.04. The third kappa shape index (κ3) is 4.34. The van der Waals surface area contributed by atoms with Gasteiger partial charge in [-0.05, 0) is 49.2 Å². The number of nitrogens with zero attached hydrogens (tertiary/aromatic N) is 4. The van der Waals surface area contributed by atoms with E-state index in [-0.39, 0.29) is 5.69 Å². The van der Waals surface area contributed by atoms with Gasteiger partial charge in [-0.2, -0.15) is 23.4 Å². The molecule has 1 aliphatic carbocycles. The Balaban J connectivity index is 1.43. The Bertz CT molecular complexity index is 1320. The number of alkyl halides is 3. The molecule has 168 valence electrons. The van der Waals surface area contributed by atoms with Crippen LogP contribution in [0.15, 0.2) is 54.7 Å². The number of halogens is 4. The second-order valence-corrected chi connectivity index (χ2v) is 8.08. The van der Waals surface area contributed by atoms with Gasteiger partial charge in [0.2, 0.25) is 0 Å². The number of nitrogens with one attached hydrogen (secondary N) is 2. The van der Waals surface area contributed by atoms with Crippen molar-refractivity contribution in [2.75, 3.05) is 5.32 Å². The molecule has 0 spiro atoms. The summed E-state index contributed by atoms with van der Waals surface area (Å²) in [5.74, 6) is 0.726. The summed E-state index contributed by atoms with van der Waals surface area (Å²) in [6.45, 7) is 0. The maximum atomic E-state index is 13.9. The molecule has 0 saturated heterocycles. The Morgan fingerprint density at radius 2 is 1.91 bits per heavy atom. The van der Waals surface area contributed by atoms with Gasteiger partial charge in [-0.3, -0.25) is 9.89 Å². The van der Waals surface area contributed by atoms with Crippen LogP contribution in [-0.2, 0) is 6.18 Å². The van der Waals surface area contributed by atoms with Crippen LogP contribution < -0.4 is 5.32 Å². The number of carbonyl (C=O) groups excluding carboxylic acids is 1. The molecule has 5 rings (SSSR count). The van der Waals surface area contributed by atoms with Crippen LogP contribution in [0.25, 0.3) is 17.1 Å². The van der Waals surface area contributed by atoms with Crippen LogP contribution in [0.3, 0.4) is 0 Å². The standard InChI is InChI=1S/C22H16ClF3N6O/c23-14-6-8-16(9-7-14)32-18(22(24,25)26)17(11-27-32)21(33)28-15-3-1-2-13(10-15)20-29-19(30-31-20)12-4-5-12/h1-3,6-12H,4-5H2,(H,28,33)(H,29,30,31). The summed E-state index contributed by atoms with van der Waals surface area (Å²) in [6.07, 6.45) is -1.79. The highest BCUT2D eigenvalue weighted by Gasteiger charge is 2.40. The minimum atomic E-state index is -4.82.